The molecule has 0 aromatic rings. The number of Topliss-reactive ketones (excluding diaryl/α,β-unsaturated/α-hetero) is 1. The first-order chi connectivity index (χ1) is 19.7. The van der Waals surface area contributed by atoms with Gasteiger partial charge in [0.05, 0.1) is 6.04 Å². The minimum Gasteiger partial charge on any atom is -0.349 e. The summed E-state index contributed by atoms with van der Waals surface area (Å²) in [6, 6.07) is -3.00. The summed E-state index contributed by atoms with van der Waals surface area (Å²) < 4.78 is 0. The van der Waals surface area contributed by atoms with E-state index < -0.39 is 41.1 Å². The Bertz CT molecular complexity index is 1060. The summed E-state index contributed by atoms with van der Waals surface area (Å²) >= 11 is 0. The van der Waals surface area contributed by atoms with E-state index in [9.17, 15) is 24.0 Å². The van der Waals surface area contributed by atoms with Gasteiger partial charge >= 0.3 is 6.03 Å². The normalized spacial score (nSPS) is 24.4. The van der Waals surface area contributed by atoms with Crippen LogP contribution < -0.4 is 21.3 Å². The van der Waals surface area contributed by atoms with E-state index in [1.54, 1.807) is 17.1 Å². The van der Waals surface area contributed by atoms with Gasteiger partial charge in [-0.1, -0.05) is 66.0 Å². The summed E-state index contributed by atoms with van der Waals surface area (Å²) in [6.45, 7) is 17.8. The Balaban J connectivity index is 1.78. The van der Waals surface area contributed by atoms with Gasteiger partial charge in [0.2, 0.25) is 17.6 Å². The highest BCUT2D eigenvalue weighted by Crippen LogP contribution is 2.65. The third-order valence-electron chi connectivity index (χ3n) is 9.24. The second kappa shape index (κ2) is 13.9. The summed E-state index contributed by atoms with van der Waals surface area (Å²) in [5, 5.41) is 11.3. The monoisotopic (exact) mass is 585 g/mol. The number of nitrogens with zero attached hydrogens (tertiary/aromatic N) is 1. The van der Waals surface area contributed by atoms with Crippen LogP contribution in [0.25, 0.3) is 0 Å². The molecule has 0 bridgehead atoms. The molecule has 234 valence electrons. The molecular weight excluding hydrogens is 534 g/mol. The van der Waals surface area contributed by atoms with Crippen LogP contribution in [0, 0.1) is 22.7 Å². The maximum atomic E-state index is 14.1. The molecule has 0 spiro atoms. The molecule has 3 rings (SSSR count). The predicted octanol–water partition coefficient (Wildman–Crippen LogP) is 3.23. The lowest BCUT2D eigenvalue weighted by atomic mass is 9.85. The van der Waals surface area contributed by atoms with Crippen LogP contribution in [0.2, 0.25) is 0 Å². The van der Waals surface area contributed by atoms with E-state index >= 15 is 0 Å². The standard InChI is InChI=1S/C32H51N5O5/c1-8-10-17-22(25(38)28(40)33-18-11-9-2)35-27(39)24-23-21(32(23,6)7)19-37(24)29(41)26(31(3,4)5)36-30(42)34-20-15-13-12-14-16-20/h8-9,20-24,26H,1-2,10-19H2,3-7H3,(H,33,40)(H,35,39)(H2,34,36,42)/t21?,22-,23+,24+,26-/m1/s1. The zero-order chi connectivity index (χ0) is 31.2. The van der Waals surface area contributed by atoms with Gasteiger partial charge in [0.1, 0.15) is 12.1 Å². The highest BCUT2D eigenvalue weighted by atomic mass is 16.2. The van der Waals surface area contributed by atoms with E-state index in [4.69, 9.17) is 0 Å². The number of amides is 5. The second-order valence-electron chi connectivity index (χ2n) is 13.8. The molecule has 5 atom stereocenters. The van der Waals surface area contributed by atoms with Gasteiger partial charge in [-0.15, -0.1) is 13.2 Å². The van der Waals surface area contributed by atoms with Crippen LogP contribution in [0.3, 0.4) is 0 Å². The van der Waals surface area contributed by atoms with Gasteiger partial charge in [-0.3, -0.25) is 19.2 Å². The maximum Gasteiger partial charge on any atom is 0.315 e. The summed E-state index contributed by atoms with van der Waals surface area (Å²) in [6.07, 6.45) is 9.58. The Morgan fingerprint density at radius 3 is 2.21 bits per heavy atom. The van der Waals surface area contributed by atoms with Crippen LogP contribution in [0.4, 0.5) is 4.79 Å². The first-order valence-electron chi connectivity index (χ1n) is 15.5. The Hall–Kier alpha value is -3.17. The Kier molecular flexibility index (Phi) is 11.0. The quantitative estimate of drug-likeness (QED) is 0.149. The molecule has 2 aliphatic carbocycles. The largest absolute Gasteiger partial charge is 0.349 e. The van der Waals surface area contributed by atoms with E-state index in [1.165, 1.54) is 6.42 Å². The number of hydrogen-bond acceptors (Lipinski definition) is 5. The number of piperidine rings is 1. The van der Waals surface area contributed by atoms with Gasteiger partial charge in [-0.2, -0.15) is 0 Å². The van der Waals surface area contributed by atoms with Crippen molar-refractivity contribution in [2.24, 2.45) is 22.7 Å². The van der Waals surface area contributed by atoms with Crippen molar-refractivity contribution < 1.29 is 24.0 Å². The predicted molar refractivity (Wildman–Crippen MR) is 162 cm³/mol. The zero-order valence-corrected chi connectivity index (χ0v) is 26.1. The van der Waals surface area contributed by atoms with Crippen molar-refractivity contribution in [3.8, 4) is 0 Å². The first kappa shape index (κ1) is 33.3. The van der Waals surface area contributed by atoms with E-state index in [2.05, 4.69) is 48.3 Å². The highest BCUT2D eigenvalue weighted by Gasteiger charge is 2.69. The molecule has 5 amide bonds. The third-order valence-corrected chi connectivity index (χ3v) is 9.24. The highest BCUT2D eigenvalue weighted by molar-refractivity contribution is 6.38. The van der Waals surface area contributed by atoms with E-state index in [0.29, 0.717) is 19.4 Å². The van der Waals surface area contributed by atoms with Gasteiger partial charge in [0.25, 0.3) is 5.91 Å². The van der Waals surface area contributed by atoms with Crippen LogP contribution in [-0.2, 0) is 19.2 Å². The summed E-state index contributed by atoms with van der Waals surface area (Å²) in [5.74, 6) is -2.24. The van der Waals surface area contributed by atoms with Crippen LogP contribution in [0.5, 0.6) is 0 Å². The van der Waals surface area contributed by atoms with Crippen LogP contribution in [-0.4, -0.2) is 71.7 Å². The zero-order valence-electron chi connectivity index (χ0n) is 26.1. The number of urea groups is 1. The van der Waals surface area contributed by atoms with E-state index in [0.717, 1.165) is 25.7 Å². The Labute approximate surface area is 250 Å². The number of allylic oxidation sites excluding steroid dienone is 1. The lowest BCUT2D eigenvalue weighted by molar-refractivity contribution is -0.145. The molecule has 1 aliphatic heterocycles. The van der Waals surface area contributed by atoms with Gasteiger partial charge in [0, 0.05) is 19.1 Å². The van der Waals surface area contributed by atoms with Crippen molar-refractivity contribution in [2.45, 2.75) is 110 Å². The number of ketones is 1. The number of nitrogens with one attached hydrogen (secondary N) is 4. The van der Waals surface area contributed by atoms with Crippen LogP contribution in [0.15, 0.2) is 25.3 Å². The fourth-order valence-electron chi connectivity index (χ4n) is 6.58. The third kappa shape index (κ3) is 7.81. The molecule has 3 aliphatic rings. The molecule has 0 aromatic carbocycles. The molecule has 0 aromatic heterocycles. The molecule has 10 nitrogen and oxygen atoms in total. The Morgan fingerprint density at radius 1 is 0.976 bits per heavy atom. The number of likely N-dealkylation sites (tertiary alicyclic amines) is 1. The molecule has 42 heavy (non-hydrogen) atoms. The minimum absolute atomic E-state index is 0.0882. The molecular formula is C32H51N5O5. The smallest absolute Gasteiger partial charge is 0.315 e. The molecule has 10 heteroatoms. The Morgan fingerprint density at radius 2 is 1.62 bits per heavy atom. The SMILES string of the molecule is C=CCCNC(=O)C(=O)[C@@H](CCC=C)NC(=O)[C@@H]1[C@@H]2C(CN1C(=O)[C@@H](NC(=O)NC1CCCCC1)C(C)(C)C)C2(C)C. The van der Waals surface area contributed by atoms with E-state index in [1.807, 2.05) is 20.8 Å². The summed E-state index contributed by atoms with van der Waals surface area (Å²) in [7, 11) is 0. The van der Waals surface area contributed by atoms with Crippen molar-refractivity contribution in [2.75, 3.05) is 13.1 Å². The van der Waals surface area contributed by atoms with Gasteiger partial charge in [-0.25, -0.2) is 4.79 Å². The molecule has 0 radical (unpaired) electrons. The fourth-order valence-corrected chi connectivity index (χ4v) is 6.58. The molecule has 2 saturated carbocycles. The number of hydrogen-bond donors (Lipinski definition) is 4. The van der Waals surface area contributed by atoms with E-state index in [-0.39, 0.29) is 48.2 Å². The van der Waals surface area contributed by atoms with Crippen molar-refractivity contribution in [1.82, 2.24) is 26.2 Å². The second-order valence-corrected chi connectivity index (χ2v) is 13.8. The van der Waals surface area contributed by atoms with Crippen molar-refractivity contribution >= 4 is 29.5 Å². The lowest BCUT2D eigenvalue weighted by Crippen LogP contribution is -2.61. The summed E-state index contributed by atoms with van der Waals surface area (Å²) in [4.78, 5) is 68.1. The molecule has 3 fully saturated rings. The van der Waals surface area contributed by atoms with Crippen LogP contribution in [0.1, 0.15) is 86.0 Å². The summed E-state index contributed by atoms with van der Waals surface area (Å²) in [5.41, 5.74) is -0.763. The van der Waals surface area contributed by atoms with Gasteiger partial charge in [0.15, 0.2) is 0 Å². The topological polar surface area (TPSA) is 137 Å². The van der Waals surface area contributed by atoms with Crippen molar-refractivity contribution in [1.29, 1.82) is 0 Å². The molecule has 1 heterocycles. The van der Waals surface area contributed by atoms with Crippen molar-refractivity contribution in [3.05, 3.63) is 25.3 Å². The average molecular weight is 586 g/mol. The van der Waals surface area contributed by atoms with Gasteiger partial charge < -0.3 is 26.2 Å². The number of fused-ring (bicyclic) bond motifs is 1. The molecule has 4 N–H and O–H groups in total. The molecule has 1 unspecified atom stereocenters. The van der Waals surface area contributed by atoms with Gasteiger partial charge in [-0.05, 0) is 54.8 Å². The number of carbonyl (C=O) groups is 5. The lowest BCUT2D eigenvalue weighted by Gasteiger charge is -2.38. The molecule has 1 saturated heterocycles. The average Bonchev–Trinajstić information content (AvgIpc) is 3.24. The fraction of sp³-hybridized carbons (Fsp3) is 0.719. The van der Waals surface area contributed by atoms with Crippen LogP contribution >= 0.6 is 0 Å². The number of rotatable bonds is 13. The van der Waals surface area contributed by atoms with Crippen molar-refractivity contribution in [3.63, 3.8) is 0 Å². The minimum atomic E-state index is -1.05. The first-order valence-corrected chi connectivity index (χ1v) is 15.5. The maximum absolute atomic E-state index is 14.1. The number of carbonyl (C=O) groups excluding carboxylic acids is 5.